The summed E-state index contributed by atoms with van der Waals surface area (Å²) in [4.78, 5) is 0. The molecule has 0 bridgehead atoms. The van der Waals surface area contributed by atoms with E-state index >= 15 is 0 Å². The molecule has 2 heterocycles. The van der Waals surface area contributed by atoms with E-state index in [-0.39, 0.29) is 0 Å². The van der Waals surface area contributed by atoms with Gasteiger partial charge >= 0.3 is 0 Å². The quantitative estimate of drug-likeness (QED) is 0.821. The minimum absolute atomic E-state index is 0.599. The van der Waals surface area contributed by atoms with Crippen LogP contribution < -0.4 is 5.32 Å². The fraction of sp³-hybridized carbons (Fsp3) is 0.467. The van der Waals surface area contributed by atoms with Gasteiger partial charge in [-0.1, -0.05) is 29.4 Å². The van der Waals surface area contributed by atoms with Crippen LogP contribution in [0.4, 0.5) is 0 Å². The number of rotatable bonds is 6. The van der Waals surface area contributed by atoms with Crippen molar-refractivity contribution in [1.82, 2.24) is 20.1 Å². The highest BCUT2D eigenvalue weighted by molar-refractivity contribution is 7.99. The number of hydrogen-bond donors (Lipinski definition) is 1. The van der Waals surface area contributed by atoms with E-state index in [2.05, 4.69) is 20.1 Å². The second kappa shape index (κ2) is 7.46. The number of halogens is 1. The molecule has 1 fully saturated rings. The van der Waals surface area contributed by atoms with Crippen LogP contribution in [0.15, 0.2) is 29.4 Å². The SMILES string of the molecule is CNCc1nnc(SC[C@H]2CCOC2)n1-c1cccc(Cl)c1. The Bertz CT molecular complexity index is 628. The van der Waals surface area contributed by atoms with E-state index < -0.39 is 0 Å². The summed E-state index contributed by atoms with van der Waals surface area (Å²) < 4.78 is 7.51. The van der Waals surface area contributed by atoms with Crippen LogP contribution in [-0.4, -0.2) is 40.8 Å². The lowest BCUT2D eigenvalue weighted by Crippen LogP contribution is -2.12. The molecule has 0 saturated carbocycles. The summed E-state index contributed by atoms with van der Waals surface area (Å²) >= 11 is 7.86. The highest BCUT2D eigenvalue weighted by Gasteiger charge is 2.19. The van der Waals surface area contributed by atoms with Gasteiger partial charge in [-0.25, -0.2) is 0 Å². The molecule has 1 saturated heterocycles. The Labute approximate surface area is 139 Å². The van der Waals surface area contributed by atoms with Crippen molar-refractivity contribution in [1.29, 1.82) is 0 Å². The van der Waals surface area contributed by atoms with Crippen molar-refractivity contribution in [3.05, 3.63) is 35.1 Å². The van der Waals surface area contributed by atoms with Crippen molar-refractivity contribution in [2.45, 2.75) is 18.1 Å². The van der Waals surface area contributed by atoms with Gasteiger partial charge in [-0.05, 0) is 37.6 Å². The molecule has 1 aromatic carbocycles. The van der Waals surface area contributed by atoms with Crippen molar-refractivity contribution in [3.8, 4) is 5.69 Å². The van der Waals surface area contributed by atoms with E-state index in [4.69, 9.17) is 16.3 Å². The number of nitrogens with one attached hydrogen (secondary N) is 1. The van der Waals surface area contributed by atoms with E-state index in [1.807, 2.05) is 31.3 Å². The maximum absolute atomic E-state index is 6.13. The molecular formula is C15H19ClN4OS. The second-order valence-corrected chi connectivity index (χ2v) is 6.71. The molecule has 1 aliphatic heterocycles. The molecule has 1 atom stereocenters. The topological polar surface area (TPSA) is 52.0 Å². The molecule has 1 aromatic heterocycles. The van der Waals surface area contributed by atoms with Crippen molar-refractivity contribution < 1.29 is 4.74 Å². The van der Waals surface area contributed by atoms with E-state index in [9.17, 15) is 0 Å². The van der Waals surface area contributed by atoms with Gasteiger partial charge in [-0.15, -0.1) is 10.2 Å². The molecular weight excluding hydrogens is 320 g/mol. The Morgan fingerprint density at radius 3 is 3.09 bits per heavy atom. The maximum Gasteiger partial charge on any atom is 0.195 e. The Morgan fingerprint density at radius 2 is 2.36 bits per heavy atom. The third kappa shape index (κ3) is 3.63. The fourth-order valence-electron chi connectivity index (χ4n) is 2.45. The van der Waals surface area contributed by atoms with Gasteiger partial charge in [0.15, 0.2) is 11.0 Å². The van der Waals surface area contributed by atoms with Crippen LogP contribution in [0.1, 0.15) is 12.2 Å². The van der Waals surface area contributed by atoms with Gasteiger partial charge in [-0.2, -0.15) is 0 Å². The first kappa shape index (κ1) is 15.8. The number of aromatic nitrogens is 3. The Balaban J connectivity index is 1.85. The standard InChI is InChI=1S/C15H19ClN4OS/c1-17-8-14-18-19-15(22-10-11-5-6-21-9-11)20(14)13-4-2-3-12(16)7-13/h2-4,7,11,17H,5-6,8-10H2,1H3/t11-/m0/s1. The zero-order valence-corrected chi connectivity index (χ0v) is 14.0. The normalized spacial score (nSPS) is 18.0. The molecule has 1 aliphatic rings. The highest BCUT2D eigenvalue weighted by atomic mass is 35.5. The largest absolute Gasteiger partial charge is 0.381 e. The summed E-state index contributed by atoms with van der Waals surface area (Å²) in [6.07, 6.45) is 1.13. The molecule has 22 heavy (non-hydrogen) atoms. The molecule has 0 aliphatic carbocycles. The average molecular weight is 339 g/mol. The number of benzene rings is 1. The van der Waals surface area contributed by atoms with Gasteiger partial charge in [-0.3, -0.25) is 4.57 Å². The highest BCUT2D eigenvalue weighted by Crippen LogP contribution is 2.27. The van der Waals surface area contributed by atoms with E-state index in [1.165, 1.54) is 0 Å². The molecule has 0 amide bonds. The fourth-order valence-corrected chi connectivity index (χ4v) is 3.72. The Hall–Kier alpha value is -1.08. The summed E-state index contributed by atoms with van der Waals surface area (Å²) in [5.74, 6) is 2.48. The van der Waals surface area contributed by atoms with E-state index in [0.29, 0.717) is 17.5 Å². The number of hydrogen-bond acceptors (Lipinski definition) is 5. The van der Waals surface area contributed by atoms with Gasteiger partial charge in [0.25, 0.3) is 0 Å². The lowest BCUT2D eigenvalue weighted by molar-refractivity contribution is 0.189. The van der Waals surface area contributed by atoms with Crippen molar-refractivity contribution >= 4 is 23.4 Å². The predicted octanol–water partition coefficient (Wildman–Crippen LogP) is 2.77. The van der Waals surface area contributed by atoms with Gasteiger partial charge in [0.05, 0.1) is 18.8 Å². The Kier molecular flexibility index (Phi) is 5.36. The summed E-state index contributed by atoms with van der Waals surface area (Å²) in [5.41, 5.74) is 0.993. The molecule has 3 rings (SSSR count). The van der Waals surface area contributed by atoms with Gasteiger partial charge in [0.2, 0.25) is 0 Å². The van der Waals surface area contributed by atoms with Crippen LogP contribution in [0, 0.1) is 5.92 Å². The molecule has 118 valence electrons. The lowest BCUT2D eigenvalue weighted by atomic mass is 10.2. The minimum Gasteiger partial charge on any atom is -0.381 e. The minimum atomic E-state index is 0.599. The first-order chi connectivity index (χ1) is 10.8. The van der Waals surface area contributed by atoms with Crippen LogP contribution in [0.2, 0.25) is 5.02 Å². The summed E-state index contributed by atoms with van der Waals surface area (Å²) in [6.45, 7) is 2.38. The average Bonchev–Trinajstić information content (AvgIpc) is 3.15. The van der Waals surface area contributed by atoms with Gasteiger partial charge in [0.1, 0.15) is 0 Å². The molecule has 0 radical (unpaired) electrons. The van der Waals surface area contributed by atoms with Crippen LogP contribution >= 0.6 is 23.4 Å². The summed E-state index contributed by atoms with van der Waals surface area (Å²) in [6, 6.07) is 7.78. The lowest BCUT2D eigenvalue weighted by Gasteiger charge is -2.11. The smallest absolute Gasteiger partial charge is 0.195 e. The molecule has 1 N–H and O–H groups in total. The van der Waals surface area contributed by atoms with E-state index in [1.54, 1.807) is 11.8 Å². The van der Waals surface area contributed by atoms with Crippen LogP contribution in [0.5, 0.6) is 0 Å². The summed E-state index contributed by atoms with van der Waals surface area (Å²) in [5, 5.41) is 13.4. The van der Waals surface area contributed by atoms with Crippen molar-refractivity contribution in [2.24, 2.45) is 5.92 Å². The first-order valence-electron chi connectivity index (χ1n) is 7.33. The predicted molar refractivity (Wildman–Crippen MR) is 88.8 cm³/mol. The maximum atomic E-state index is 6.13. The molecule has 5 nitrogen and oxygen atoms in total. The van der Waals surface area contributed by atoms with E-state index in [0.717, 1.165) is 42.1 Å². The zero-order valence-electron chi connectivity index (χ0n) is 12.5. The van der Waals surface area contributed by atoms with Crippen LogP contribution in [0.25, 0.3) is 5.69 Å². The van der Waals surface area contributed by atoms with Crippen LogP contribution in [0.3, 0.4) is 0 Å². The van der Waals surface area contributed by atoms with Crippen LogP contribution in [-0.2, 0) is 11.3 Å². The van der Waals surface area contributed by atoms with Crippen molar-refractivity contribution in [3.63, 3.8) is 0 Å². The Morgan fingerprint density at radius 1 is 1.45 bits per heavy atom. The number of thioether (sulfide) groups is 1. The third-order valence-electron chi connectivity index (χ3n) is 3.57. The number of ether oxygens (including phenoxy) is 1. The molecule has 7 heteroatoms. The second-order valence-electron chi connectivity index (χ2n) is 5.29. The first-order valence-corrected chi connectivity index (χ1v) is 8.69. The third-order valence-corrected chi connectivity index (χ3v) is 4.97. The summed E-state index contributed by atoms with van der Waals surface area (Å²) in [7, 11) is 1.90. The molecule has 2 aromatic rings. The van der Waals surface area contributed by atoms with Crippen molar-refractivity contribution in [2.75, 3.05) is 26.0 Å². The zero-order chi connectivity index (χ0) is 15.4. The van der Waals surface area contributed by atoms with Gasteiger partial charge < -0.3 is 10.1 Å². The van der Waals surface area contributed by atoms with Gasteiger partial charge in [0, 0.05) is 17.4 Å². The molecule has 0 unspecified atom stereocenters. The number of nitrogens with zero attached hydrogens (tertiary/aromatic N) is 3. The molecule has 0 spiro atoms. The monoisotopic (exact) mass is 338 g/mol.